The van der Waals surface area contributed by atoms with Crippen molar-refractivity contribution in [1.29, 1.82) is 0 Å². The molecule has 0 fully saturated rings. The standard InChI is InChI=1S/C8H19ClN2O3S/c1-8(2)11(3)15(12,13)10-5-7-14-6-4-9/h8,10H,4-7H2,1-3H3. The molecule has 0 saturated carbocycles. The fourth-order valence-electron chi connectivity index (χ4n) is 0.779. The number of halogens is 1. The van der Waals surface area contributed by atoms with Gasteiger partial charge in [-0.2, -0.15) is 17.4 Å². The van der Waals surface area contributed by atoms with Crippen LogP contribution in [0.2, 0.25) is 0 Å². The van der Waals surface area contributed by atoms with E-state index in [9.17, 15) is 8.42 Å². The van der Waals surface area contributed by atoms with Crippen molar-refractivity contribution in [3.63, 3.8) is 0 Å². The van der Waals surface area contributed by atoms with Gasteiger partial charge in [0, 0.05) is 25.5 Å². The minimum atomic E-state index is -3.38. The zero-order valence-corrected chi connectivity index (χ0v) is 10.9. The van der Waals surface area contributed by atoms with E-state index in [4.69, 9.17) is 16.3 Å². The van der Waals surface area contributed by atoms with Crippen molar-refractivity contribution >= 4 is 21.8 Å². The summed E-state index contributed by atoms with van der Waals surface area (Å²) in [5, 5.41) is 0. The fraction of sp³-hybridized carbons (Fsp3) is 1.00. The lowest BCUT2D eigenvalue weighted by Crippen LogP contribution is -2.43. The fourth-order valence-corrected chi connectivity index (χ4v) is 1.99. The second kappa shape index (κ2) is 7.40. The molecule has 0 saturated heterocycles. The van der Waals surface area contributed by atoms with E-state index in [2.05, 4.69) is 4.72 Å². The first kappa shape index (κ1) is 15.1. The van der Waals surface area contributed by atoms with Gasteiger partial charge < -0.3 is 4.74 Å². The summed E-state index contributed by atoms with van der Waals surface area (Å²) >= 11 is 5.39. The molecule has 0 heterocycles. The maximum Gasteiger partial charge on any atom is 0.279 e. The molecule has 0 aromatic heterocycles. The van der Waals surface area contributed by atoms with E-state index < -0.39 is 10.2 Å². The Bertz CT molecular complexity index is 257. The molecule has 1 N–H and O–H groups in total. The average Bonchev–Trinajstić information content (AvgIpc) is 2.16. The van der Waals surface area contributed by atoms with Gasteiger partial charge in [-0.1, -0.05) is 0 Å². The summed E-state index contributed by atoms with van der Waals surface area (Å²) in [6, 6.07) is -0.0636. The molecule has 0 bridgehead atoms. The SMILES string of the molecule is CC(C)N(C)S(=O)(=O)NCCOCCCl. The van der Waals surface area contributed by atoms with Crippen LogP contribution in [0.4, 0.5) is 0 Å². The van der Waals surface area contributed by atoms with Crippen molar-refractivity contribution in [2.45, 2.75) is 19.9 Å². The second-order valence-corrected chi connectivity index (χ2v) is 5.50. The number of rotatable bonds is 8. The molecule has 5 nitrogen and oxygen atoms in total. The molecule has 0 rings (SSSR count). The van der Waals surface area contributed by atoms with Crippen molar-refractivity contribution in [2.24, 2.45) is 0 Å². The number of hydrogen-bond acceptors (Lipinski definition) is 3. The van der Waals surface area contributed by atoms with E-state index in [1.807, 2.05) is 13.8 Å². The molecule has 0 aliphatic carbocycles. The van der Waals surface area contributed by atoms with Gasteiger partial charge >= 0.3 is 0 Å². The molecule has 0 aromatic carbocycles. The van der Waals surface area contributed by atoms with E-state index in [1.54, 1.807) is 0 Å². The van der Waals surface area contributed by atoms with Crippen LogP contribution in [-0.2, 0) is 14.9 Å². The van der Waals surface area contributed by atoms with Gasteiger partial charge in [-0.05, 0) is 13.8 Å². The lowest BCUT2D eigenvalue weighted by molar-refractivity contribution is 0.154. The Kier molecular flexibility index (Phi) is 7.46. The Morgan fingerprint density at radius 3 is 2.47 bits per heavy atom. The topological polar surface area (TPSA) is 58.6 Å². The molecule has 7 heteroatoms. The summed E-state index contributed by atoms with van der Waals surface area (Å²) in [5.41, 5.74) is 0. The van der Waals surface area contributed by atoms with Crippen LogP contribution in [0, 0.1) is 0 Å². The summed E-state index contributed by atoms with van der Waals surface area (Å²) in [6.07, 6.45) is 0. The summed E-state index contributed by atoms with van der Waals surface area (Å²) in [5.74, 6) is 0.415. The van der Waals surface area contributed by atoms with Gasteiger partial charge in [0.05, 0.1) is 13.2 Å². The van der Waals surface area contributed by atoms with Gasteiger partial charge in [-0.3, -0.25) is 0 Å². The number of ether oxygens (including phenoxy) is 1. The van der Waals surface area contributed by atoms with E-state index in [0.717, 1.165) is 0 Å². The summed E-state index contributed by atoms with van der Waals surface area (Å²) in [4.78, 5) is 0. The van der Waals surface area contributed by atoms with Crippen LogP contribution in [-0.4, -0.2) is 51.5 Å². The van der Waals surface area contributed by atoms with Crippen LogP contribution in [0.3, 0.4) is 0 Å². The summed E-state index contributed by atoms with van der Waals surface area (Å²) in [6.45, 7) is 4.64. The smallest absolute Gasteiger partial charge is 0.279 e. The third kappa shape index (κ3) is 6.32. The lowest BCUT2D eigenvalue weighted by Gasteiger charge is -2.21. The van der Waals surface area contributed by atoms with Crippen molar-refractivity contribution in [3.05, 3.63) is 0 Å². The Morgan fingerprint density at radius 1 is 1.40 bits per heavy atom. The zero-order chi connectivity index (χ0) is 11.9. The van der Waals surface area contributed by atoms with Crippen LogP contribution in [0.25, 0.3) is 0 Å². The predicted molar refractivity (Wildman–Crippen MR) is 61.4 cm³/mol. The number of hydrogen-bond donors (Lipinski definition) is 1. The summed E-state index contributed by atoms with van der Waals surface area (Å²) < 4.78 is 31.8. The van der Waals surface area contributed by atoms with Crippen LogP contribution in [0.5, 0.6) is 0 Å². The highest BCUT2D eigenvalue weighted by atomic mass is 35.5. The summed E-state index contributed by atoms with van der Waals surface area (Å²) in [7, 11) is -1.84. The molecule has 0 aliphatic rings. The van der Waals surface area contributed by atoms with Crippen molar-refractivity contribution in [3.8, 4) is 0 Å². The maximum absolute atomic E-state index is 11.5. The molecule has 15 heavy (non-hydrogen) atoms. The molecule has 0 radical (unpaired) electrons. The first-order valence-electron chi connectivity index (χ1n) is 4.78. The third-order valence-electron chi connectivity index (χ3n) is 1.86. The van der Waals surface area contributed by atoms with Gasteiger partial charge in [-0.15, -0.1) is 11.6 Å². The number of alkyl halides is 1. The number of nitrogens with zero attached hydrogens (tertiary/aromatic N) is 1. The Labute approximate surface area is 96.9 Å². The molecule has 0 aliphatic heterocycles. The Hall–Kier alpha value is 0.120. The normalized spacial score (nSPS) is 12.7. The highest BCUT2D eigenvalue weighted by molar-refractivity contribution is 7.87. The first-order valence-corrected chi connectivity index (χ1v) is 6.75. The average molecular weight is 259 g/mol. The predicted octanol–water partition coefficient (Wildman–Crippen LogP) is 0.416. The van der Waals surface area contributed by atoms with Gasteiger partial charge in [0.25, 0.3) is 10.2 Å². The molecule has 0 aromatic rings. The molecular formula is C8H19ClN2O3S. The quantitative estimate of drug-likeness (QED) is 0.507. The van der Waals surface area contributed by atoms with Gasteiger partial charge in [0.1, 0.15) is 0 Å². The molecule has 0 spiro atoms. The van der Waals surface area contributed by atoms with E-state index in [1.165, 1.54) is 11.4 Å². The molecule has 0 amide bonds. The number of nitrogens with one attached hydrogen (secondary N) is 1. The zero-order valence-electron chi connectivity index (χ0n) is 9.36. The Balaban J connectivity index is 3.85. The highest BCUT2D eigenvalue weighted by Crippen LogP contribution is 1.99. The maximum atomic E-state index is 11.5. The monoisotopic (exact) mass is 258 g/mol. The molecular weight excluding hydrogens is 240 g/mol. The minimum absolute atomic E-state index is 0.0636. The van der Waals surface area contributed by atoms with E-state index >= 15 is 0 Å². The van der Waals surface area contributed by atoms with E-state index in [-0.39, 0.29) is 12.6 Å². The largest absolute Gasteiger partial charge is 0.379 e. The van der Waals surface area contributed by atoms with Crippen LogP contribution >= 0.6 is 11.6 Å². The highest BCUT2D eigenvalue weighted by Gasteiger charge is 2.19. The molecule has 0 atom stereocenters. The van der Waals surface area contributed by atoms with Crippen molar-refractivity contribution < 1.29 is 13.2 Å². The molecule has 92 valence electrons. The Morgan fingerprint density at radius 2 is 2.00 bits per heavy atom. The first-order chi connectivity index (χ1) is 6.91. The lowest BCUT2D eigenvalue weighted by atomic mass is 10.4. The van der Waals surface area contributed by atoms with Gasteiger partial charge in [0.15, 0.2) is 0 Å². The van der Waals surface area contributed by atoms with E-state index in [0.29, 0.717) is 19.1 Å². The molecule has 0 unspecified atom stereocenters. The van der Waals surface area contributed by atoms with Gasteiger partial charge in [-0.25, -0.2) is 0 Å². The van der Waals surface area contributed by atoms with Crippen LogP contribution in [0.15, 0.2) is 0 Å². The minimum Gasteiger partial charge on any atom is -0.379 e. The van der Waals surface area contributed by atoms with Crippen LogP contribution in [0.1, 0.15) is 13.8 Å². The van der Waals surface area contributed by atoms with Crippen molar-refractivity contribution in [1.82, 2.24) is 9.03 Å². The van der Waals surface area contributed by atoms with Gasteiger partial charge in [0.2, 0.25) is 0 Å². The second-order valence-electron chi connectivity index (χ2n) is 3.31. The van der Waals surface area contributed by atoms with Crippen LogP contribution < -0.4 is 4.72 Å². The third-order valence-corrected chi connectivity index (χ3v) is 3.76. The van der Waals surface area contributed by atoms with Crippen molar-refractivity contribution in [2.75, 3.05) is 32.7 Å².